The number of carbonyl (C=O) groups excluding carboxylic acids is 2. The number of carbonyl (C=O) groups is 2. The SMILES string of the molecule is Cc1ccc(C2=NN(C(=O)N[C@H](C)c3cnc(C(F)(F)F)nc3)C[C@H]2N2CCOC2=O)cc1. The molecule has 2 aromatic rings. The van der Waals surface area contributed by atoms with E-state index < -0.39 is 36.2 Å². The Morgan fingerprint density at radius 1 is 1.21 bits per heavy atom. The van der Waals surface area contributed by atoms with Crippen LogP contribution >= 0.6 is 0 Å². The Kier molecular flexibility index (Phi) is 5.91. The van der Waals surface area contributed by atoms with E-state index in [0.29, 0.717) is 17.8 Å². The minimum Gasteiger partial charge on any atom is -0.448 e. The van der Waals surface area contributed by atoms with Crippen LogP contribution in [0.3, 0.4) is 0 Å². The van der Waals surface area contributed by atoms with Crippen LogP contribution in [-0.4, -0.2) is 63.5 Å². The molecule has 1 saturated heterocycles. The number of nitrogens with one attached hydrogen (secondary N) is 1. The Balaban J connectivity index is 1.52. The topological polar surface area (TPSA) is 100 Å². The van der Waals surface area contributed by atoms with E-state index in [1.807, 2.05) is 31.2 Å². The highest BCUT2D eigenvalue weighted by molar-refractivity contribution is 6.07. The number of aryl methyl sites for hydroxylation is 1. The normalized spacial score (nSPS) is 19.4. The largest absolute Gasteiger partial charge is 0.451 e. The molecule has 2 aliphatic rings. The van der Waals surface area contributed by atoms with Gasteiger partial charge >= 0.3 is 18.3 Å². The maximum Gasteiger partial charge on any atom is 0.451 e. The highest BCUT2D eigenvalue weighted by Gasteiger charge is 2.40. The van der Waals surface area contributed by atoms with Crippen LogP contribution < -0.4 is 5.32 Å². The van der Waals surface area contributed by atoms with Crippen molar-refractivity contribution in [2.45, 2.75) is 32.1 Å². The van der Waals surface area contributed by atoms with Gasteiger partial charge in [-0.15, -0.1) is 0 Å². The van der Waals surface area contributed by atoms with Gasteiger partial charge in [-0.3, -0.25) is 4.90 Å². The minimum atomic E-state index is -4.65. The first kappa shape index (κ1) is 22.5. The number of cyclic esters (lactones) is 1. The molecule has 1 N–H and O–H groups in total. The summed E-state index contributed by atoms with van der Waals surface area (Å²) >= 11 is 0. The molecule has 3 heterocycles. The predicted octanol–water partition coefficient (Wildman–Crippen LogP) is 3.12. The molecule has 33 heavy (non-hydrogen) atoms. The van der Waals surface area contributed by atoms with E-state index in [2.05, 4.69) is 20.4 Å². The number of ether oxygens (including phenoxy) is 1. The predicted molar refractivity (Wildman–Crippen MR) is 110 cm³/mol. The fourth-order valence-corrected chi connectivity index (χ4v) is 3.58. The molecule has 1 fully saturated rings. The molecule has 0 aliphatic carbocycles. The summed E-state index contributed by atoms with van der Waals surface area (Å²) in [5, 5.41) is 8.34. The van der Waals surface area contributed by atoms with E-state index in [4.69, 9.17) is 4.74 Å². The highest BCUT2D eigenvalue weighted by Crippen LogP contribution is 2.26. The van der Waals surface area contributed by atoms with Gasteiger partial charge in [-0.05, 0) is 19.4 Å². The van der Waals surface area contributed by atoms with Crippen molar-refractivity contribution in [1.82, 2.24) is 25.2 Å². The molecule has 12 heteroatoms. The van der Waals surface area contributed by atoms with Gasteiger partial charge in [0.05, 0.1) is 30.9 Å². The quantitative estimate of drug-likeness (QED) is 0.753. The highest BCUT2D eigenvalue weighted by atomic mass is 19.4. The lowest BCUT2D eigenvalue weighted by atomic mass is 10.0. The Hall–Kier alpha value is -3.70. The summed E-state index contributed by atoms with van der Waals surface area (Å²) in [7, 11) is 0. The third kappa shape index (κ3) is 4.73. The Bertz CT molecular complexity index is 1070. The lowest BCUT2D eigenvalue weighted by Crippen LogP contribution is -2.46. The van der Waals surface area contributed by atoms with Crippen molar-refractivity contribution >= 4 is 17.8 Å². The van der Waals surface area contributed by atoms with Crippen LogP contribution in [0.15, 0.2) is 41.8 Å². The second-order valence-electron chi connectivity index (χ2n) is 7.77. The molecule has 1 aromatic carbocycles. The van der Waals surface area contributed by atoms with E-state index in [9.17, 15) is 22.8 Å². The van der Waals surface area contributed by atoms with Crippen LogP contribution in [0.5, 0.6) is 0 Å². The first-order chi connectivity index (χ1) is 15.6. The molecule has 3 amide bonds. The van der Waals surface area contributed by atoms with Crippen molar-refractivity contribution in [2.75, 3.05) is 19.7 Å². The van der Waals surface area contributed by atoms with E-state index in [1.165, 1.54) is 9.91 Å². The van der Waals surface area contributed by atoms with E-state index in [-0.39, 0.29) is 13.2 Å². The lowest BCUT2D eigenvalue weighted by molar-refractivity contribution is -0.145. The number of alkyl halides is 3. The summed E-state index contributed by atoms with van der Waals surface area (Å²) < 4.78 is 43.1. The molecule has 0 saturated carbocycles. The fourth-order valence-electron chi connectivity index (χ4n) is 3.58. The van der Waals surface area contributed by atoms with Crippen molar-refractivity contribution in [3.05, 3.63) is 59.2 Å². The van der Waals surface area contributed by atoms with Crippen LogP contribution in [0.25, 0.3) is 0 Å². The molecule has 2 aliphatic heterocycles. The third-order valence-electron chi connectivity index (χ3n) is 5.41. The molecule has 4 rings (SSSR count). The van der Waals surface area contributed by atoms with Crippen LogP contribution in [0.4, 0.5) is 22.8 Å². The number of aromatic nitrogens is 2. The summed E-state index contributed by atoms with van der Waals surface area (Å²) in [5.41, 5.74) is 2.67. The molecule has 0 bridgehead atoms. The number of halogens is 3. The van der Waals surface area contributed by atoms with E-state index in [1.54, 1.807) is 6.92 Å². The van der Waals surface area contributed by atoms with Crippen molar-refractivity contribution < 1.29 is 27.5 Å². The number of urea groups is 1. The minimum absolute atomic E-state index is 0.111. The van der Waals surface area contributed by atoms with Crippen LogP contribution in [0.2, 0.25) is 0 Å². The summed E-state index contributed by atoms with van der Waals surface area (Å²) in [6.07, 6.45) is -3.07. The molecular weight excluding hydrogens is 441 g/mol. The standard InChI is InChI=1S/C21H21F3N6O3/c1-12-3-5-14(6-4-12)17-16(29-7-8-33-20(29)32)11-30(28-17)19(31)27-13(2)15-9-25-18(26-10-15)21(22,23)24/h3-6,9-10,13,16H,7-8,11H2,1-2H3,(H,27,31)/t13-,16-/m1/s1. The van der Waals surface area contributed by atoms with Crippen molar-refractivity contribution in [3.63, 3.8) is 0 Å². The van der Waals surface area contributed by atoms with Crippen molar-refractivity contribution in [2.24, 2.45) is 5.10 Å². The molecule has 0 radical (unpaired) electrons. The third-order valence-corrected chi connectivity index (χ3v) is 5.41. The van der Waals surface area contributed by atoms with Gasteiger partial charge < -0.3 is 10.1 Å². The second-order valence-corrected chi connectivity index (χ2v) is 7.77. The van der Waals surface area contributed by atoms with Gasteiger partial charge in [0.25, 0.3) is 0 Å². The molecule has 1 aromatic heterocycles. The maximum absolute atomic E-state index is 12.9. The summed E-state index contributed by atoms with van der Waals surface area (Å²) in [6, 6.07) is 5.83. The van der Waals surface area contributed by atoms with Crippen molar-refractivity contribution in [1.29, 1.82) is 0 Å². The molecule has 9 nitrogen and oxygen atoms in total. The smallest absolute Gasteiger partial charge is 0.448 e. The number of rotatable bonds is 4. The summed E-state index contributed by atoms with van der Waals surface area (Å²) in [5.74, 6) is -1.25. The zero-order chi connectivity index (χ0) is 23.8. The van der Waals surface area contributed by atoms with E-state index in [0.717, 1.165) is 23.5 Å². The Morgan fingerprint density at radius 2 is 1.88 bits per heavy atom. The van der Waals surface area contributed by atoms with Gasteiger partial charge in [0.15, 0.2) is 0 Å². The Labute approximate surface area is 187 Å². The first-order valence-electron chi connectivity index (χ1n) is 10.2. The van der Waals surface area contributed by atoms with Crippen LogP contribution in [-0.2, 0) is 10.9 Å². The summed E-state index contributed by atoms with van der Waals surface area (Å²) in [4.78, 5) is 33.2. The molecule has 0 unspecified atom stereocenters. The fraction of sp³-hybridized carbons (Fsp3) is 0.381. The average molecular weight is 462 g/mol. The number of nitrogens with zero attached hydrogens (tertiary/aromatic N) is 5. The number of hydrogen-bond donors (Lipinski definition) is 1. The number of benzene rings is 1. The molecule has 2 atom stereocenters. The van der Waals surface area contributed by atoms with Gasteiger partial charge in [-0.1, -0.05) is 29.8 Å². The van der Waals surface area contributed by atoms with Crippen LogP contribution in [0, 0.1) is 6.92 Å². The van der Waals surface area contributed by atoms with Gasteiger partial charge in [0.1, 0.15) is 6.61 Å². The van der Waals surface area contributed by atoms with E-state index >= 15 is 0 Å². The zero-order valence-electron chi connectivity index (χ0n) is 17.8. The van der Waals surface area contributed by atoms with Gasteiger partial charge in [0.2, 0.25) is 5.82 Å². The maximum atomic E-state index is 12.9. The molecular formula is C21H21F3N6O3. The summed E-state index contributed by atoms with van der Waals surface area (Å²) in [6.45, 7) is 4.29. The first-order valence-corrected chi connectivity index (χ1v) is 10.2. The van der Waals surface area contributed by atoms with Gasteiger partial charge in [-0.25, -0.2) is 24.6 Å². The number of hydrogen-bond acceptors (Lipinski definition) is 6. The van der Waals surface area contributed by atoms with Crippen molar-refractivity contribution in [3.8, 4) is 0 Å². The Morgan fingerprint density at radius 3 is 2.45 bits per heavy atom. The molecule has 0 spiro atoms. The second kappa shape index (κ2) is 8.68. The monoisotopic (exact) mass is 462 g/mol. The lowest BCUT2D eigenvalue weighted by Gasteiger charge is -2.23. The average Bonchev–Trinajstić information content (AvgIpc) is 3.40. The van der Waals surface area contributed by atoms with Crippen LogP contribution in [0.1, 0.15) is 35.5 Å². The number of hydrazone groups is 1. The number of amides is 3. The molecule has 174 valence electrons. The van der Waals surface area contributed by atoms with Gasteiger partial charge in [-0.2, -0.15) is 18.3 Å². The van der Waals surface area contributed by atoms with Gasteiger partial charge in [0, 0.05) is 18.0 Å². The zero-order valence-corrected chi connectivity index (χ0v) is 17.8.